The van der Waals surface area contributed by atoms with Gasteiger partial charge < -0.3 is 11.1 Å². The van der Waals surface area contributed by atoms with Crippen LogP contribution in [0.25, 0.3) is 0 Å². The molecule has 0 radical (unpaired) electrons. The Morgan fingerprint density at radius 2 is 2.04 bits per heavy atom. The number of rotatable bonds is 3. The fraction of sp³-hybridized carbons (Fsp3) is 0.316. The number of thioether (sulfide) groups is 1. The predicted octanol–water partition coefficient (Wildman–Crippen LogP) is 4.22. The number of aromatic nitrogens is 1. The Morgan fingerprint density at radius 3 is 2.67 bits per heavy atom. The summed E-state index contributed by atoms with van der Waals surface area (Å²) in [5.74, 6) is 0.252. The number of aliphatic imine (C=N–C) groups is 1. The molecule has 3 rings (SSSR count). The average molecular weight is 407 g/mol. The third kappa shape index (κ3) is 4.09. The maximum atomic E-state index is 14.6. The Morgan fingerprint density at radius 1 is 1.30 bits per heavy atom. The van der Waals surface area contributed by atoms with Crippen molar-refractivity contribution in [3.8, 4) is 0 Å². The lowest BCUT2D eigenvalue weighted by Crippen LogP contribution is -2.44. The highest BCUT2D eigenvalue weighted by Crippen LogP contribution is 2.41. The van der Waals surface area contributed by atoms with Gasteiger partial charge in [-0.15, -0.1) is 11.8 Å². The number of amidine groups is 1. The summed E-state index contributed by atoms with van der Waals surface area (Å²) in [5, 5.41) is 3.17. The largest absolute Gasteiger partial charge is 0.386 e. The number of hydrogen-bond acceptors (Lipinski definition) is 5. The minimum absolute atomic E-state index is 0.216. The zero-order chi connectivity index (χ0) is 19.8. The molecule has 1 atom stereocenters. The summed E-state index contributed by atoms with van der Waals surface area (Å²) < 4.78 is 14.3. The molecule has 142 valence electrons. The quantitative estimate of drug-likeness (QED) is 0.799. The molecule has 0 bridgehead atoms. The molecule has 1 aliphatic rings. The minimum Gasteiger partial charge on any atom is -0.386 e. The Kier molecular flexibility index (Phi) is 5.18. The first-order valence-electron chi connectivity index (χ1n) is 8.33. The predicted molar refractivity (Wildman–Crippen MR) is 109 cm³/mol. The molecule has 2 aromatic rings. The summed E-state index contributed by atoms with van der Waals surface area (Å²) in [5.41, 5.74) is 6.35. The highest BCUT2D eigenvalue weighted by atomic mass is 35.5. The van der Waals surface area contributed by atoms with E-state index < -0.39 is 17.3 Å². The first-order chi connectivity index (χ1) is 12.6. The van der Waals surface area contributed by atoms with Crippen molar-refractivity contribution in [2.75, 3.05) is 11.1 Å². The first kappa shape index (κ1) is 19.6. The average Bonchev–Trinajstić information content (AvgIpc) is 2.61. The maximum Gasteiger partial charge on any atom is 0.274 e. The molecule has 5 nitrogen and oxygen atoms in total. The van der Waals surface area contributed by atoms with Crippen molar-refractivity contribution in [3.63, 3.8) is 0 Å². The summed E-state index contributed by atoms with van der Waals surface area (Å²) in [7, 11) is 0. The summed E-state index contributed by atoms with van der Waals surface area (Å²) >= 11 is 7.41. The molecule has 8 heteroatoms. The third-order valence-corrected chi connectivity index (χ3v) is 6.32. The topological polar surface area (TPSA) is 80.4 Å². The van der Waals surface area contributed by atoms with Gasteiger partial charge in [0.15, 0.2) is 0 Å². The van der Waals surface area contributed by atoms with Crippen molar-refractivity contribution in [2.45, 2.75) is 31.1 Å². The van der Waals surface area contributed by atoms with Crippen LogP contribution in [0.5, 0.6) is 0 Å². The van der Waals surface area contributed by atoms with Gasteiger partial charge in [0.05, 0.1) is 15.3 Å². The van der Waals surface area contributed by atoms with Gasteiger partial charge in [0.1, 0.15) is 17.3 Å². The Labute approximate surface area is 166 Å². The SMILES string of the molecule is CC1(C)SC[C@@](C)(c2cc(NC(=O)c3ccc(Cl)cn3)ccc2F)N=C1N. The molecule has 1 amide bonds. The monoisotopic (exact) mass is 406 g/mol. The van der Waals surface area contributed by atoms with Crippen molar-refractivity contribution in [1.82, 2.24) is 4.98 Å². The molecule has 0 fully saturated rings. The lowest BCUT2D eigenvalue weighted by atomic mass is 9.92. The molecule has 0 saturated carbocycles. The van der Waals surface area contributed by atoms with Crippen LogP contribution in [0.4, 0.5) is 10.1 Å². The highest BCUT2D eigenvalue weighted by Gasteiger charge is 2.39. The van der Waals surface area contributed by atoms with Gasteiger partial charge in [-0.3, -0.25) is 9.79 Å². The van der Waals surface area contributed by atoms with Gasteiger partial charge in [-0.05, 0) is 51.1 Å². The molecule has 0 saturated heterocycles. The summed E-state index contributed by atoms with van der Waals surface area (Å²) in [6, 6.07) is 7.52. The molecule has 0 spiro atoms. The van der Waals surface area contributed by atoms with E-state index in [1.807, 2.05) is 20.8 Å². The van der Waals surface area contributed by atoms with E-state index in [1.165, 1.54) is 24.4 Å². The van der Waals surface area contributed by atoms with Crippen LogP contribution in [0.2, 0.25) is 5.02 Å². The number of nitrogens with two attached hydrogens (primary N) is 1. The van der Waals surface area contributed by atoms with Crippen LogP contribution in [-0.2, 0) is 5.54 Å². The second-order valence-corrected chi connectivity index (χ2v) is 9.11. The molecule has 1 aliphatic heterocycles. The van der Waals surface area contributed by atoms with E-state index in [-0.39, 0.29) is 10.4 Å². The van der Waals surface area contributed by atoms with Crippen molar-refractivity contribution in [1.29, 1.82) is 0 Å². The number of anilines is 1. The second-order valence-electron chi connectivity index (χ2n) is 7.08. The van der Waals surface area contributed by atoms with E-state index in [1.54, 1.807) is 23.9 Å². The highest BCUT2D eigenvalue weighted by molar-refractivity contribution is 8.01. The molecule has 1 aromatic heterocycles. The van der Waals surface area contributed by atoms with E-state index in [2.05, 4.69) is 15.3 Å². The summed E-state index contributed by atoms with van der Waals surface area (Å²) in [6.07, 6.45) is 1.39. The van der Waals surface area contributed by atoms with Crippen molar-refractivity contribution in [3.05, 3.63) is 58.6 Å². The summed E-state index contributed by atoms with van der Waals surface area (Å²) in [4.78, 5) is 20.9. The van der Waals surface area contributed by atoms with E-state index in [0.717, 1.165) is 0 Å². The van der Waals surface area contributed by atoms with Gasteiger partial charge in [0.25, 0.3) is 5.91 Å². The Bertz CT molecular complexity index is 916. The van der Waals surface area contributed by atoms with Gasteiger partial charge >= 0.3 is 0 Å². The summed E-state index contributed by atoms with van der Waals surface area (Å²) in [6.45, 7) is 5.82. The molecular formula is C19H20ClFN4OS. The molecule has 2 heterocycles. The zero-order valence-electron chi connectivity index (χ0n) is 15.2. The number of nitrogens with one attached hydrogen (secondary N) is 1. The zero-order valence-corrected chi connectivity index (χ0v) is 16.8. The Balaban J connectivity index is 1.90. The molecule has 0 unspecified atom stereocenters. The number of carbonyl (C=O) groups excluding carboxylic acids is 1. The maximum absolute atomic E-state index is 14.6. The minimum atomic E-state index is -0.812. The van der Waals surface area contributed by atoms with Gasteiger partial charge in [-0.25, -0.2) is 9.37 Å². The molecule has 0 aliphatic carbocycles. The van der Waals surface area contributed by atoms with Crippen molar-refractivity contribution in [2.24, 2.45) is 10.7 Å². The van der Waals surface area contributed by atoms with Crippen molar-refractivity contribution >= 4 is 40.8 Å². The fourth-order valence-electron chi connectivity index (χ4n) is 2.69. The van der Waals surface area contributed by atoms with Crippen LogP contribution >= 0.6 is 23.4 Å². The number of benzene rings is 1. The molecular weight excluding hydrogens is 387 g/mol. The number of halogens is 2. The third-order valence-electron chi connectivity index (χ3n) is 4.46. The standard InChI is InChI=1S/C19H20ClFN4OS/c1-18(2)17(22)25-19(3,10-27-18)13-8-12(5-6-14(13)21)24-16(26)15-7-4-11(20)9-23-15/h4-9H,10H2,1-3H3,(H2,22,25)(H,24,26)/t19-/m0/s1. The molecule has 1 aromatic carbocycles. The van der Waals surface area contributed by atoms with Crippen molar-refractivity contribution < 1.29 is 9.18 Å². The van der Waals surface area contributed by atoms with E-state index in [4.69, 9.17) is 17.3 Å². The van der Waals surface area contributed by atoms with Crippen LogP contribution in [0, 0.1) is 5.82 Å². The lowest BCUT2D eigenvalue weighted by Gasteiger charge is -2.37. The second kappa shape index (κ2) is 7.13. The van der Waals surface area contributed by atoms with E-state index in [0.29, 0.717) is 27.9 Å². The fourth-order valence-corrected chi connectivity index (χ4v) is 3.85. The molecule has 3 N–H and O–H groups in total. The van der Waals surface area contributed by atoms with Gasteiger partial charge in [-0.2, -0.15) is 0 Å². The van der Waals surface area contributed by atoms with E-state index in [9.17, 15) is 9.18 Å². The molecule has 27 heavy (non-hydrogen) atoms. The number of pyridine rings is 1. The van der Waals surface area contributed by atoms with Crippen LogP contribution in [-0.4, -0.2) is 27.2 Å². The van der Waals surface area contributed by atoms with Crippen LogP contribution in [0.15, 0.2) is 41.5 Å². The normalized spacial score (nSPS) is 21.4. The van der Waals surface area contributed by atoms with Crippen LogP contribution in [0.1, 0.15) is 36.8 Å². The lowest BCUT2D eigenvalue weighted by molar-refractivity contribution is 0.102. The number of hydrogen-bond donors (Lipinski definition) is 2. The van der Waals surface area contributed by atoms with Gasteiger partial charge in [0.2, 0.25) is 0 Å². The van der Waals surface area contributed by atoms with Crippen LogP contribution < -0.4 is 11.1 Å². The number of nitrogens with zero attached hydrogens (tertiary/aromatic N) is 2. The number of carbonyl (C=O) groups is 1. The van der Waals surface area contributed by atoms with Gasteiger partial charge in [-0.1, -0.05) is 11.6 Å². The number of amides is 1. The van der Waals surface area contributed by atoms with E-state index >= 15 is 0 Å². The first-order valence-corrected chi connectivity index (χ1v) is 9.70. The smallest absolute Gasteiger partial charge is 0.274 e. The Hall–Kier alpha value is -2.12. The van der Waals surface area contributed by atoms with Crippen LogP contribution in [0.3, 0.4) is 0 Å². The van der Waals surface area contributed by atoms with Gasteiger partial charge in [0, 0.05) is 23.2 Å².